The molecule has 2 aromatic rings. The van der Waals surface area contributed by atoms with Gasteiger partial charge in [0.1, 0.15) is 0 Å². The second-order valence-electron chi connectivity index (χ2n) is 4.57. The van der Waals surface area contributed by atoms with Crippen LogP contribution in [0.15, 0.2) is 47.3 Å². The van der Waals surface area contributed by atoms with E-state index >= 15 is 0 Å². The molecule has 2 rings (SSSR count). The highest BCUT2D eigenvalue weighted by Gasteiger charge is 2.38. The smallest absolute Gasteiger partial charge is 0.337 e. The Morgan fingerprint density at radius 2 is 2.24 bits per heavy atom. The molecule has 1 unspecified atom stereocenters. The number of rotatable bonds is 5. The summed E-state index contributed by atoms with van der Waals surface area (Å²) < 4.78 is 6.10. The number of benzene rings is 1. The molecule has 0 fully saturated rings. The third-order valence-electron chi connectivity index (χ3n) is 2.98. The lowest BCUT2D eigenvalue weighted by atomic mass is 9.97. The van der Waals surface area contributed by atoms with E-state index in [4.69, 9.17) is 4.74 Å². The van der Waals surface area contributed by atoms with Crippen LogP contribution in [0.3, 0.4) is 0 Å². The van der Waals surface area contributed by atoms with Gasteiger partial charge < -0.3 is 10.1 Å². The minimum atomic E-state index is -1.11. The zero-order valence-corrected chi connectivity index (χ0v) is 13.4. The van der Waals surface area contributed by atoms with Crippen LogP contribution in [-0.2, 0) is 15.1 Å². The third kappa shape index (κ3) is 3.58. The van der Waals surface area contributed by atoms with Crippen molar-refractivity contribution in [3.05, 3.63) is 53.0 Å². The molecule has 110 valence electrons. The molecule has 0 aliphatic rings. The number of halogens is 1. The second kappa shape index (κ2) is 6.67. The zero-order valence-electron chi connectivity index (χ0n) is 11.8. The number of aromatic nitrogens is 2. The van der Waals surface area contributed by atoms with Gasteiger partial charge in [0.25, 0.3) is 0 Å². The van der Waals surface area contributed by atoms with Crippen molar-refractivity contribution < 1.29 is 9.53 Å². The fraction of sp³-hybridized carbons (Fsp3) is 0.267. The summed E-state index contributed by atoms with van der Waals surface area (Å²) in [7, 11) is 0. The maximum Gasteiger partial charge on any atom is 0.337 e. The summed E-state index contributed by atoms with van der Waals surface area (Å²) in [4.78, 5) is 20.7. The molecule has 1 aromatic carbocycles. The number of nitrogens with one attached hydrogen (secondary N) is 1. The van der Waals surface area contributed by atoms with E-state index in [0.717, 1.165) is 10.2 Å². The van der Waals surface area contributed by atoms with Crippen LogP contribution in [0.25, 0.3) is 0 Å². The number of esters is 1. The topological polar surface area (TPSA) is 64.1 Å². The first-order valence-corrected chi connectivity index (χ1v) is 7.33. The normalized spacial score (nSPS) is 13.3. The SMILES string of the molecule is CCOC(=O)C(C)(Nc1cccc(Br)c1)c1cnccn1. The maximum absolute atomic E-state index is 12.4. The van der Waals surface area contributed by atoms with Gasteiger partial charge in [0.15, 0.2) is 5.54 Å². The van der Waals surface area contributed by atoms with E-state index in [0.29, 0.717) is 12.3 Å². The first-order chi connectivity index (χ1) is 10.1. The summed E-state index contributed by atoms with van der Waals surface area (Å²) in [6.07, 6.45) is 4.67. The molecular weight excluding hydrogens is 334 g/mol. The fourth-order valence-corrected chi connectivity index (χ4v) is 2.31. The van der Waals surface area contributed by atoms with Gasteiger partial charge in [-0.1, -0.05) is 22.0 Å². The van der Waals surface area contributed by atoms with E-state index in [1.165, 1.54) is 0 Å². The standard InChI is InChI=1S/C15H16BrN3O2/c1-3-21-14(20)15(2,13-10-17-7-8-18-13)19-12-6-4-5-11(16)9-12/h4-10,19H,3H2,1-2H3. The van der Waals surface area contributed by atoms with Crippen molar-refractivity contribution in [3.8, 4) is 0 Å². The van der Waals surface area contributed by atoms with E-state index in [-0.39, 0.29) is 0 Å². The van der Waals surface area contributed by atoms with Crippen LogP contribution in [0.5, 0.6) is 0 Å². The first kappa shape index (κ1) is 15.4. The summed E-state index contributed by atoms with van der Waals surface area (Å²) in [5.41, 5.74) is 0.180. The van der Waals surface area contributed by atoms with Gasteiger partial charge in [-0.05, 0) is 32.0 Å². The monoisotopic (exact) mass is 349 g/mol. The molecule has 0 aliphatic heterocycles. The van der Waals surface area contributed by atoms with Crippen LogP contribution in [0.1, 0.15) is 19.5 Å². The van der Waals surface area contributed by atoms with E-state index in [1.54, 1.807) is 32.4 Å². The number of hydrogen-bond donors (Lipinski definition) is 1. The average molecular weight is 350 g/mol. The molecule has 0 radical (unpaired) electrons. The third-order valence-corrected chi connectivity index (χ3v) is 3.47. The Balaban J connectivity index is 2.39. The van der Waals surface area contributed by atoms with Gasteiger partial charge in [0.05, 0.1) is 18.5 Å². The predicted octanol–water partition coefficient (Wildman–Crippen LogP) is 3.13. The van der Waals surface area contributed by atoms with Crippen molar-refractivity contribution in [2.24, 2.45) is 0 Å². The number of nitrogens with zero attached hydrogens (tertiary/aromatic N) is 2. The number of ether oxygens (including phenoxy) is 1. The van der Waals surface area contributed by atoms with Gasteiger partial charge in [-0.2, -0.15) is 0 Å². The molecule has 1 heterocycles. The highest BCUT2D eigenvalue weighted by Crippen LogP contribution is 2.27. The number of carbonyl (C=O) groups is 1. The largest absolute Gasteiger partial charge is 0.464 e. The predicted molar refractivity (Wildman–Crippen MR) is 83.8 cm³/mol. The minimum absolute atomic E-state index is 0.300. The molecule has 1 atom stereocenters. The average Bonchev–Trinajstić information content (AvgIpc) is 2.48. The Morgan fingerprint density at radius 3 is 2.86 bits per heavy atom. The van der Waals surface area contributed by atoms with Gasteiger partial charge in [-0.15, -0.1) is 0 Å². The molecular formula is C15H16BrN3O2. The highest BCUT2D eigenvalue weighted by molar-refractivity contribution is 9.10. The second-order valence-corrected chi connectivity index (χ2v) is 5.49. The fourth-order valence-electron chi connectivity index (χ4n) is 1.91. The van der Waals surface area contributed by atoms with Crippen LogP contribution in [0.4, 0.5) is 5.69 Å². The lowest BCUT2D eigenvalue weighted by Crippen LogP contribution is -2.42. The molecule has 0 amide bonds. The Morgan fingerprint density at radius 1 is 1.43 bits per heavy atom. The van der Waals surface area contributed by atoms with Crippen molar-refractivity contribution >= 4 is 27.6 Å². The van der Waals surface area contributed by atoms with Crippen molar-refractivity contribution in [3.63, 3.8) is 0 Å². The first-order valence-electron chi connectivity index (χ1n) is 6.53. The summed E-state index contributed by atoms with van der Waals surface area (Å²) in [5, 5.41) is 3.19. The van der Waals surface area contributed by atoms with Crippen LogP contribution in [0, 0.1) is 0 Å². The van der Waals surface area contributed by atoms with E-state index < -0.39 is 11.5 Å². The maximum atomic E-state index is 12.4. The van der Waals surface area contributed by atoms with Gasteiger partial charge in [-0.25, -0.2) is 4.79 Å². The molecule has 1 aromatic heterocycles. The molecule has 1 N–H and O–H groups in total. The quantitative estimate of drug-likeness (QED) is 0.840. The van der Waals surface area contributed by atoms with Gasteiger partial charge in [0.2, 0.25) is 0 Å². The van der Waals surface area contributed by atoms with Crippen molar-refractivity contribution in [1.29, 1.82) is 0 Å². The van der Waals surface area contributed by atoms with Gasteiger partial charge >= 0.3 is 5.97 Å². The molecule has 0 bridgehead atoms. The lowest BCUT2D eigenvalue weighted by molar-refractivity contribution is -0.148. The Labute approximate surface area is 131 Å². The summed E-state index contributed by atoms with van der Waals surface area (Å²) in [6, 6.07) is 7.55. The summed E-state index contributed by atoms with van der Waals surface area (Å²) >= 11 is 3.41. The number of anilines is 1. The molecule has 5 nitrogen and oxygen atoms in total. The van der Waals surface area contributed by atoms with E-state index in [2.05, 4.69) is 31.2 Å². The van der Waals surface area contributed by atoms with Crippen LogP contribution < -0.4 is 5.32 Å². The zero-order chi connectivity index (χ0) is 15.3. The Kier molecular flexibility index (Phi) is 4.90. The van der Waals surface area contributed by atoms with E-state index in [9.17, 15) is 4.79 Å². The molecule has 0 saturated heterocycles. The van der Waals surface area contributed by atoms with Crippen molar-refractivity contribution in [1.82, 2.24) is 9.97 Å². The minimum Gasteiger partial charge on any atom is -0.464 e. The van der Waals surface area contributed by atoms with E-state index in [1.807, 2.05) is 24.3 Å². The molecule has 0 saturated carbocycles. The Bertz CT molecular complexity index is 621. The Hall–Kier alpha value is -1.95. The highest BCUT2D eigenvalue weighted by atomic mass is 79.9. The van der Waals surface area contributed by atoms with Crippen LogP contribution in [-0.4, -0.2) is 22.5 Å². The van der Waals surface area contributed by atoms with Crippen LogP contribution >= 0.6 is 15.9 Å². The molecule has 6 heteroatoms. The van der Waals surface area contributed by atoms with Crippen molar-refractivity contribution in [2.45, 2.75) is 19.4 Å². The molecule has 0 spiro atoms. The van der Waals surface area contributed by atoms with Gasteiger partial charge in [0, 0.05) is 22.6 Å². The molecule has 21 heavy (non-hydrogen) atoms. The molecule has 0 aliphatic carbocycles. The van der Waals surface area contributed by atoms with Crippen molar-refractivity contribution in [2.75, 3.05) is 11.9 Å². The number of carbonyl (C=O) groups excluding carboxylic acids is 1. The summed E-state index contributed by atoms with van der Waals surface area (Å²) in [5.74, 6) is -0.398. The van der Waals surface area contributed by atoms with Crippen LogP contribution in [0.2, 0.25) is 0 Å². The van der Waals surface area contributed by atoms with Gasteiger partial charge in [-0.3, -0.25) is 9.97 Å². The number of hydrogen-bond acceptors (Lipinski definition) is 5. The lowest BCUT2D eigenvalue weighted by Gasteiger charge is -2.28. The summed E-state index contributed by atoms with van der Waals surface area (Å²) in [6.45, 7) is 3.80.